The third-order valence-electron chi connectivity index (χ3n) is 4.47. The Morgan fingerprint density at radius 3 is 2.77 bits per heavy atom. The second-order valence-corrected chi connectivity index (χ2v) is 7.81. The van der Waals surface area contributed by atoms with Crippen molar-refractivity contribution in [1.29, 1.82) is 0 Å². The summed E-state index contributed by atoms with van der Waals surface area (Å²) in [6, 6.07) is 0.157. The van der Waals surface area contributed by atoms with Gasteiger partial charge in [-0.2, -0.15) is 0 Å². The zero-order chi connectivity index (χ0) is 18.3. The molecule has 0 radical (unpaired) electrons. The number of fused-ring (bicyclic) bond motifs is 1. The van der Waals surface area contributed by atoms with Crippen molar-refractivity contribution in [3.63, 3.8) is 0 Å². The number of nitrogens with one attached hydrogen (secondary N) is 1. The molecular weight excluding hydrogens is 370 g/mol. The molecule has 1 aliphatic heterocycles. The van der Waals surface area contributed by atoms with E-state index in [4.69, 9.17) is 22.3 Å². The zero-order valence-electron chi connectivity index (χ0n) is 14.7. The van der Waals surface area contributed by atoms with Crippen LogP contribution >= 0.6 is 23.4 Å². The molecule has 9 heteroatoms. The van der Waals surface area contributed by atoms with Crippen molar-refractivity contribution in [1.82, 2.24) is 24.9 Å². The second kappa shape index (κ2) is 7.02. The number of aromatic amines is 1. The van der Waals surface area contributed by atoms with Crippen LogP contribution in [0.5, 0.6) is 0 Å². The quantitative estimate of drug-likeness (QED) is 0.662. The summed E-state index contributed by atoms with van der Waals surface area (Å²) in [4.78, 5) is 24.4. The number of anilines is 1. The number of halogens is 1. The van der Waals surface area contributed by atoms with Crippen LogP contribution in [0.15, 0.2) is 22.4 Å². The van der Waals surface area contributed by atoms with Crippen LogP contribution in [0.2, 0.25) is 5.02 Å². The molecule has 136 valence electrons. The first-order chi connectivity index (χ1) is 12.5. The van der Waals surface area contributed by atoms with E-state index in [9.17, 15) is 0 Å². The Hall–Kier alpha value is -1.90. The van der Waals surface area contributed by atoms with Gasteiger partial charge in [0.2, 0.25) is 0 Å². The van der Waals surface area contributed by atoms with Gasteiger partial charge in [0.25, 0.3) is 0 Å². The van der Waals surface area contributed by atoms with Crippen molar-refractivity contribution in [2.75, 3.05) is 18.0 Å². The summed E-state index contributed by atoms with van der Waals surface area (Å²) >= 11 is 8.05. The zero-order valence-corrected chi connectivity index (χ0v) is 16.2. The molecule has 0 spiro atoms. The molecule has 3 aromatic rings. The highest BCUT2D eigenvalue weighted by Crippen LogP contribution is 2.37. The first-order valence-corrected chi connectivity index (χ1v) is 9.79. The van der Waals surface area contributed by atoms with Crippen LogP contribution in [0, 0.1) is 6.92 Å². The predicted octanol–water partition coefficient (Wildman–Crippen LogP) is 2.96. The van der Waals surface area contributed by atoms with Gasteiger partial charge < -0.3 is 15.6 Å². The number of aromatic nitrogens is 5. The molecule has 0 unspecified atom stereocenters. The standard InChI is InChI=1S/C17H20ClN7S/c1-3-12-14(18)13-15(22-12)23-17(26-11-6-20-9(2)21-7-11)24-16(13)25-5-4-10(19)8-25/h6-7,10H,3-5,8,19H2,1-2H3,(H,22,23,24)/t10-/m1/s1. The van der Waals surface area contributed by atoms with E-state index in [1.807, 2.05) is 6.92 Å². The molecule has 1 atom stereocenters. The molecule has 0 bridgehead atoms. The minimum Gasteiger partial charge on any atom is -0.354 e. The van der Waals surface area contributed by atoms with E-state index in [2.05, 4.69) is 31.8 Å². The molecule has 0 saturated carbocycles. The summed E-state index contributed by atoms with van der Waals surface area (Å²) in [5, 5.41) is 2.22. The lowest BCUT2D eigenvalue weighted by atomic mass is 10.3. The van der Waals surface area contributed by atoms with Gasteiger partial charge in [0.05, 0.1) is 15.3 Å². The van der Waals surface area contributed by atoms with E-state index in [0.717, 1.165) is 59.2 Å². The maximum absolute atomic E-state index is 6.61. The van der Waals surface area contributed by atoms with E-state index in [1.54, 1.807) is 12.4 Å². The van der Waals surface area contributed by atoms with E-state index in [-0.39, 0.29) is 6.04 Å². The average Bonchev–Trinajstić information content (AvgIpc) is 3.20. The molecule has 7 nitrogen and oxygen atoms in total. The Labute approximate surface area is 160 Å². The lowest BCUT2D eigenvalue weighted by molar-refractivity contribution is 0.751. The molecule has 0 aromatic carbocycles. The van der Waals surface area contributed by atoms with Gasteiger partial charge in [-0.1, -0.05) is 18.5 Å². The second-order valence-electron chi connectivity index (χ2n) is 6.39. The number of nitrogens with zero attached hydrogens (tertiary/aromatic N) is 5. The predicted molar refractivity (Wildman–Crippen MR) is 104 cm³/mol. The lowest BCUT2D eigenvalue weighted by Crippen LogP contribution is -2.27. The summed E-state index contributed by atoms with van der Waals surface area (Å²) in [5.74, 6) is 1.58. The topological polar surface area (TPSA) is 96.6 Å². The largest absolute Gasteiger partial charge is 0.354 e. The summed E-state index contributed by atoms with van der Waals surface area (Å²) in [6.45, 7) is 5.56. The van der Waals surface area contributed by atoms with Gasteiger partial charge in [0.15, 0.2) is 5.16 Å². The number of hydrogen-bond acceptors (Lipinski definition) is 7. The number of H-pyrrole nitrogens is 1. The van der Waals surface area contributed by atoms with E-state index in [0.29, 0.717) is 10.2 Å². The van der Waals surface area contributed by atoms with E-state index >= 15 is 0 Å². The van der Waals surface area contributed by atoms with E-state index in [1.165, 1.54) is 11.8 Å². The summed E-state index contributed by atoms with van der Waals surface area (Å²) in [7, 11) is 0. The minimum atomic E-state index is 0.157. The van der Waals surface area contributed by atoms with Gasteiger partial charge in [-0.15, -0.1) is 0 Å². The van der Waals surface area contributed by atoms with Gasteiger partial charge in [-0.3, -0.25) is 0 Å². The Morgan fingerprint density at radius 2 is 2.12 bits per heavy atom. The number of hydrogen-bond donors (Lipinski definition) is 2. The first kappa shape index (κ1) is 17.5. The Balaban J connectivity index is 1.80. The average molecular weight is 390 g/mol. The van der Waals surface area contributed by atoms with Crippen LogP contribution in [0.25, 0.3) is 11.0 Å². The monoisotopic (exact) mass is 389 g/mol. The molecule has 0 aliphatic carbocycles. The van der Waals surface area contributed by atoms with Crippen LogP contribution in [-0.2, 0) is 6.42 Å². The summed E-state index contributed by atoms with van der Waals surface area (Å²) in [6.07, 6.45) is 5.32. The third kappa shape index (κ3) is 3.24. The SMILES string of the molecule is CCc1[nH]c2nc(Sc3cnc(C)nc3)nc(N3CC[C@@H](N)C3)c2c1Cl. The van der Waals surface area contributed by atoms with Gasteiger partial charge >= 0.3 is 0 Å². The summed E-state index contributed by atoms with van der Waals surface area (Å²) < 4.78 is 0. The highest BCUT2D eigenvalue weighted by molar-refractivity contribution is 7.99. The van der Waals surface area contributed by atoms with Crippen molar-refractivity contribution in [2.45, 2.75) is 42.8 Å². The fourth-order valence-electron chi connectivity index (χ4n) is 3.11. The van der Waals surface area contributed by atoms with Gasteiger partial charge in [0.1, 0.15) is 17.3 Å². The van der Waals surface area contributed by atoms with Crippen molar-refractivity contribution in [2.24, 2.45) is 5.73 Å². The number of aryl methyl sites for hydroxylation is 2. The Kier molecular flexibility index (Phi) is 4.73. The van der Waals surface area contributed by atoms with Crippen molar-refractivity contribution < 1.29 is 0 Å². The van der Waals surface area contributed by atoms with Crippen LogP contribution in [-0.4, -0.2) is 44.1 Å². The maximum atomic E-state index is 6.61. The Bertz CT molecular complexity index is 940. The molecule has 0 amide bonds. The normalized spacial score (nSPS) is 17.4. The van der Waals surface area contributed by atoms with Crippen LogP contribution < -0.4 is 10.6 Å². The van der Waals surface area contributed by atoms with Gasteiger partial charge in [0, 0.05) is 37.2 Å². The number of rotatable bonds is 4. The molecule has 4 rings (SSSR count). The molecule has 1 saturated heterocycles. The molecule has 4 heterocycles. The van der Waals surface area contributed by atoms with Gasteiger partial charge in [-0.05, 0) is 31.5 Å². The fourth-order valence-corrected chi connectivity index (χ4v) is 4.15. The van der Waals surface area contributed by atoms with E-state index < -0.39 is 0 Å². The van der Waals surface area contributed by atoms with Gasteiger partial charge in [-0.25, -0.2) is 19.9 Å². The van der Waals surface area contributed by atoms with Crippen LogP contribution in [0.3, 0.4) is 0 Å². The lowest BCUT2D eigenvalue weighted by Gasteiger charge is -2.18. The fraction of sp³-hybridized carbons (Fsp3) is 0.412. The highest BCUT2D eigenvalue weighted by atomic mass is 35.5. The molecule has 3 N–H and O–H groups in total. The third-order valence-corrected chi connectivity index (χ3v) is 5.70. The minimum absolute atomic E-state index is 0.157. The summed E-state index contributed by atoms with van der Waals surface area (Å²) in [5.41, 5.74) is 7.84. The molecule has 1 fully saturated rings. The van der Waals surface area contributed by atoms with Crippen molar-refractivity contribution in [3.8, 4) is 0 Å². The van der Waals surface area contributed by atoms with Crippen LogP contribution in [0.1, 0.15) is 24.9 Å². The molecule has 3 aromatic heterocycles. The number of nitrogens with two attached hydrogens (primary N) is 1. The molecular formula is C17H20ClN7S. The van der Waals surface area contributed by atoms with Crippen molar-refractivity contribution >= 4 is 40.2 Å². The Morgan fingerprint density at radius 1 is 1.35 bits per heavy atom. The first-order valence-electron chi connectivity index (χ1n) is 8.60. The van der Waals surface area contributed by atoms with Crippen molar-refractivity contribution in [3.05, 3.63) is 28.9 Å². The molecule has 1 aliphatic rings. The molecule has 26 heavy (non-hydrogen) atoms. The van der Waals surface area contributed by atoms with Crippen LogP contribution in [0.4, 0.5) is 5.82 Å². The maximum Gasteiger partial charge on any atom is 0.196 e. The highest BCUT2D eigenvalue weighted by Gasteiger charge is 2.26. The smallest absolute Gasteiger partial charge is 0.196 e.